The predicted octanol–water partition coefficient (Wildman–Crippen LogP) is 10.3. The maximum absolute atomic E-state index is 5.24. The highest BCUT2D eigenvalue weighted by Gasteiger charge is 2.05. The third-order valence-corrected chi connectivity index (χ3v) is 7.14. The van der Waals surface area contributed by atoms with Gasteiger partial charge in [-0.05, 0) is 65.1 Å². The largest absolute Gasteiger partial charge is 0.355 e. The molecule has 0 fully saturated rings. The normalized spacial score (nSPS) is 11.1. The van der Waals surface area contributed by atoms with Gasteiger partial charge in [0.2, 0.25) is 0 Å². The zero-order chi connectivity index (χ0) is 30.0. The Balaban J connectivity index is 0.000000215. The molecule has 0 saturated heterocycles. The maximum Gasteiger partial charge on any atom is 0.129 e. The van der Waals surface area contributed by atoms with Crippen molar-refractivity contribution in [2.45, 2.75) is 11.4 Å². The van der Waals surface area contributed by atoms with Crippen LogP contribution in [0.1, 0.15) is 11.1 Å². The predicted molar refractivity (Wildman–Crippen MR) is 191 cm³/mol. The molecule has 214 valence electrons. The van der Waals surface area contributed by atoms with E-state index in [1.165, 1.54) is 10.5 Å². The molecule has 5 rings (SSSR count). The molecule has 3 nitrogen and oxygen atoms in total. The molecule has 0 bridgehead atoms. The lowest BCUT2D eigenvalue weighted by Gasteiger charge is -2.19. The molecule has 0 aromatic heterocycles. The molecule has 0 aliphatic heterocycles. The smallest absolute Gasteiger partial charge is 0.129 e. The van der Waals surface area contributed by atoms with Crippen LogP contribution < -0.4 is 5.32 Å². The monoisotopic (exact) mass is 597 g/mol. The van der Waals surface area contributed by atoms with Crippen molar-refractivity contribution in [1.29, 1.82) is 0 Å². The number of hydrogen-bond donors (Lipinski definition) is 1. The summed E-state index contributed by atoms with van der Waals surface area (Å²) in [6, 6.07) is 50.9. The summed E-state index contributed by atoms with van der Waals surface area (Å²) in [6.45, 7) is 0.812. The lowest BCUT2D eigenvalue weighted by molar-refractivity contribution is 0.503. The average Bonchev–Trinajstić information content (AvgIpc) is 3.06. The van der Waals surface area contributed by atoms with Crippen LogP contribution in [0, 0.1) is 0 Å². The van der Waals surface area contributed by atoms with Crippen molar-refractivity contribution < 1.29 is 0 Å². The molecule has 0 spiro atoms. The molecule has 0 aliphatic carbocycles. The molecule has 5 heteroatoms. The number of amidine groups is 1. The lowest BCUT2D eigenvalue weighted by Crippen LogP contribution is -2.24. The van der Waals surface area contributed by atoms with Crippen LogP contribution in [0.2, 0.25) is 0 Å². The first-order valence-corrected chi connectivity index (χ1v) is 15.3. The van der Waals surface area contributed by atoms with Crippen molar-refractivity contribution in [3.05, 3.63) is 180 Å². The number of hydrogen-bond acceptors (Lipinski definition) is 3. The van der Waals surface area contributed by atoms with Gasteiger partial charge in [0.15, 0.2) is 0 Å². The van der Waals surface area contributed by atoms with E-state index in [-0.39, 0.29) is 0 Å². The minimum atomic E-state index is 0.708. The second-order valence-electron chi connectivity index (χ2n) is 9.48. The Morgan fingerprint density at radius 2 is 1.23 bits per heavy atom. The minimum absolute atomic E-state index is 0.708. The molecule has 0 aliphatic rings. The molecule has 5 aromatic carbocycles. The van der Waals surface area contributed by atoms with Gasteiger partial charge in [-0.1, -0.05) is 145 Å². The van der Waals surface area contributed by atoms with Gasteiger partial charge in [-0.3, -0.25) is 0 Å². The van der Waals surface area contributed by atoms with E-state index in [9.17, 15) is 0 Å². The van der Waals surface area contributed by atoms with E-state index in [0.717, 1.165) is 29.3 Å². The quantitative estimate of drug-likeness (QED) is 0.0601. The van der Waals surface area contributed by atoms with E-state index in [2.05, 4.69) is 77.3 Å². The number of nitrogens with one attached hydrogen (secondary N) is 1. The van der Waals surface area contributed by atoms with E-state index >= 15 is 0 Å². The highest BCUT2D eigenvalue weighted by Crippen LogP contribution is 2.19. The van der Waals surface area contributed by atoms with Crippen molar-refractivity contribution in [2.24, 2.45) is 4.99 Å². The van der Waals surface area contributed by atoms with Crippen LogP contribution in [-0.4, -0.2) is 22.8 Å². The Morgan fingerprint density at radius 1 is 0.698 bits per heavy atom. The highest BCUT2D eigenvalue weighted by atomic mass is 32.2. The maximum atomic E-state index is 5.24. The van der Waals surface area contributed by atoms with Crippen molar-refractivity contribution in [3.63, 3.8) is 0 Å². The van der Waals surface area contributed by atoms with Gasteiger partial charge in [0.25, 0.3) is 0 Å². The Labute approximate surface area is 265 Å². The molecule has 1 N–H and O–H groups in total. The number of para-hydroxylation sites is 2. The molecule has 0 saturated carbocycles. The summed E-state index contributed by atoms with van der Waals surface area (Å²) in [4.78, 5) is 8.92. The van der Waals surface area contributed by atoms with Gasteiger partial charge < -0.3 is 10.2 Å². The van der Waals surface area contributed by atoms with Crippen LogP contribution in [0.5, 0.6) is 0 Å². The number of aliphatic imine (C=N–C) groups is 1. The van der Waals surface area contributed by atoms with Gasteiger partial charge in [0.1, 0.15) is 10.8 Å². The number of thiocarbonyl (C=S) groups is 1. The number of rotatable bonds is 9. The van der Waals surface area contributed by atoms with Gasteiger partial charge in [0.05, 0.1) is 5.69 Å². The molecule has 0 atom stereocenters. The van der Waals surface area contributed by atoms with E-state index in [1.807, 2.05) is 115 Å². The number of likely N-dealkylation sites (N-methyl/N-ethyl adjacent to an activating group) is 1. The number of anilines is 1. The summed E-state index contributed by atoms with van der Waals surface area (Å²) < 4.78 is 0. The fourth-order valence-electron chi connectivity index (χ4n) is 3.94. The van der Waals surface area contributed by atoms with Crippen LogP contribution in [-0.2, 0) is 6.54 Å². The summed E-state index contributed by atoms with van der Waals surface area (Å²) in [6.07, 6.45) is 5.98. The lowest BCUT2D eigenvalue weighted by atomic mass is 10.2. The van der Waals surface area contributed by atoms with Crippen molar-refractivity contribution in [3.8, 4) is 0 Å². The van der Waals surface area contributed by atoms with Gasteiger partial charge in [-0.2, -0.15) is 0 Å². The fraction of sp³-hybridized carbons (Fsp3) is 0.0526. The number of thioether (sulfide) groups is 1. The number of nitrogens with zero attached hydrogens (tertiary/aromatic N) is 2. The van der Waals surface area contributed by atoms with Crippen LogP contribution in [0.3, 0.4) is 0 Å². The standard InChI is InChI=1S/C23H22N2S.C15H13NS/c1-25(19-20-11-5-2-6-12-20)23(24-21-13-7-3-8-14-21)17-18-26-22-15-9-4-10-16-22;17-15(16-14-9-5-2-6-10-14)12-11-13-7-3-1-4-8-13/h2-18H,19H2,1H3;1-12H,(H,16,17). The molecule has 0 amide bonds. The molecular formula is C38H35N3S2. The summed E-state index contributed by atoms with van der Waals surface area (Å²) in [5, 5.41) is 5.25. The molecule has 0 heterocycles. The Morgan fingerprint density at radius 3 is 1.86 bits per heavy atom. The Kier molecular flexibility index (Phi) is 13.0. The number of benzene rings is 5. The SMILES string of the molecule is CN(Cc1ccccc1)C(C=CSc1ccccc1)=Nc1ccccc1.S=C(C=Cc1ccccc1)Nc1ccccc1. The first-order chi connectivity index (χ1) is 21.2. The van der Waals surface area contributed by atoms with Crippen molar-refractivity contribution >= 4 is 52.3 Å². The second-order valence-corrected chi connectivity index (χ2v) is 10.9. The van der Waals surface area contributed by atoms with Crippen LogP contribution in [0.4, 0.5) is 11.4 Å². The summed E-state index contributed by atoms with van der Waals surface area (Å²) in [5.41, 5.74) is 4.37. The molecule has 5 aromatic rings. The second kappa shape index (κ2) is 18.0. The first kappa shape index (κ1) is 31.2. The first-order valence-electron chi connectivity index (χ1n) is 14.0. The molecular weight excluding hydrogens is 563 g/mol. The highest BCUT2D eigenvalue weighted by molar-refractivity contribution is 8.02. The van der Waals surface area contributed by atoms with E-state index in [4.69, 9.17) is 17.2 Å². The molecule has 0 unspecified atom stereocenters. The van der Waals surface area contributed by atoms with E-state index in [1.54, 1.807) is 11.8 Å². The van der Waals surface area contributed by atoms with E-state index < -0.39 is 0 Å². The topological polar surface area (TPSA) is 27.6 Å². The zero-order valence-corrected chi connectivity index (χ0v) is 25.8. The Bertz CT molecular complexity index is 1590. The van der Waals surface area contributed by atoms with Gasteiger partial charge in [0, 0.05) is 24.2 Å². The molecule has 0 radical (unpaired) electrons. The minimum Gasteiger partial charge on any atom is -0.355 e. The van der Waals surface area contributed by atoms with Crippen molar-refractivity contribution in [2.75, 3.05) is 12.4 Å². The third kappa shape index (κ3) is 12.0. The Hall–Kier alpha value is -4.71. The molecule has 43 heavy (non-hydrogen) atoms. The van der Waals surface area contributed by atoms with Crippen LogP contribution in [0.15, 0.2) is 179 Å². The summed E-state index contributed by atoms with van der Waals surface area (Å²) in [7, 11) is 2.08. The summed E-state index contributed by atoms with van der Waals surface area (Å²) >= 11 is 6.93. The zero-order valence-electron chi connectivity index (χ0n) is 24.2. The fourth-order valence-corrected chi connectivity index (χ4v) is 4.78. The van der Waals surface area contributed by atoms with Crippen molar-refractivity contribution in [1.82, 2.24) is 4.90 Å². The van der Waals surface area contributed by atoms with Gasteiger partial charge in [-0.25, -0.2) is 4.99 Å². The van der Waals surface area contributed by atoms with Crippen LogP contribution in [0.25, 0.3) is 6.08 Å². The van der Waals surface area contributed by atoms with E-state index in [0.29, 0.717) is 4.99 Å². The van der Waals surface area contributed by atoms with Gasteiger partial charge >= 0.3 is 0 Å². The third-order valence-electron chi connectivity index (χ3n) is 6.09. The average molecular weight is 598 g/mol. The van der Waals surface area contributed by atoms with Crippen LogP contribution >= 0.6 is 24.0 Å². The van der Waals surface area contributed by atoms with Gasteiger partial charge in [-0.15, -0.1) is 0 Å². The summed E-state index contributed by atoms with van der Waals surface area (Å²) in [5.74, 6) is 0.934.